The lowest BCUT2D eigenvalue weighted by atomic mass is 10.0. The first-order valence-electron chi connectivity index (χ1n) is 8.00. The maximum Gasteiger partial charge on any atom is 0.500 e. The van der Waals surface area contributed by atoms with E-state index in [2.05, 4.69) is 0 Å². The van der Waals surface area contributed by atoms with E-state index in [-0.39, 0.29) is 18.1 Å². The molecule has 10 heteroatoms. The maximum absolute atomic E-state index is 12.8. The Morgan fingerprint density at radius 1 is 0.846 bits per heavy atom. The van der Waals surface area contributed by atoms with Crippen molar-refractivity contribution < 1.29 is 39.6 Å². The highest BCUT2D eigenvalue weighted by atomic mass is 28.4. The molecule has 1 rings (SSSR count). The molecule has 0 bridgehead atoms. The van der Waals surface area contributed by atoms with Gasteiger partial charge < -0.3 is 13.3 Å². The average molecular weight is 404 g/mol. The molecule has 0 aromatic heterocycles. The Hall–Kier alpha value is -1.10. The van der Waals surface area contributed by atoms with E-state index in [0.717, 1.165) is 12.1 Å². The zero-order valence-corrected chi connectivity index (χ0v) is 15.8. The Morgan fingerprint density at radius 3 is 1.73 bits per heavy atom. The van der Waals surface area contributed by atoms with Gasteiger partial charge in [0.05, 0.1) is 11.1 Å². The molecule has 0 saturated carbocycles. The van der Waals surface area contributed by atoms with Gasteiger partial charge in [-0.05, 0) is 49.9 Å². The Labute approximate surface area is 149 Å². The topological polar surface area (TPSA) is 27.7 Å². The average Bonchev–Trinajstić information content (AvgIpc) is 2.56. The number of unbranched alkanes of at least 4 members (excludes halogenated alkanes) is 1. The number of aryl methyl sites for hydroxylation is 1. The molecule has 150 valence electrons. The predicted octanol–water partition coefficient (Wildman–Crippen LogP) is 5.32. The van der Waals surface area contributed by atoms with Crippen molar-refractivity contribution in [3.8, 4) is 0 Å². The van der Waals surface area contributed by atoms with E-state index < -0.39 is 32.3 Å². The van der Waals surface area contributed by atoms with Gasteiger partial charge >= 0.3 is 21.2 Å². The molecule has 0 radical (unpaired) electrons. The van der Waals surface area contributed by atoms with Crippen molar-refractivity contribution in [3.63, 3.8) is 0 Å². The van der Waals surface area contributed by atoms with Gasteiger partial charge in [0.15, 0.2) is 0 Å². The van der Waals surface area contributed by atoms with Crippen molar-refractivity contribution in [2.75, 3.05) is 20.8 Å². The molecule has 0 atom stereocenters. The molecule has 1 aromatic carbocycles. The first-order chi connectivity index (χ1) is 12.0. The first-order valence-corrected chi connectivity index (χ1v) is 9.93. The smallest absolute Gasteiger partial charge is 0.377 e. The third-order valence-electron chi connectivity index (χ3n) is 3.83. The van der Waals surface area contributed by atoms with Crippen molar-refractivity contribution in [3.05, 3.63) is 34.9 Å². The van der Waals surface area contributed by atoms with Crippen LogP contribution in [0.3, 0.4) is 0 Å². The van der Waals surface area contributed by atoms with Crippen LogP contribution in [0.2, 0.25) is 6.04 Å². The summed E-state index contributed by atoms with van der Waals surface area (Å²) in [5.74, 6) is 0. The molecule has 3 nitrogen and oxygen atoms in total. The van der Waals surface area contributed by atoms with Crippen molar-refractivity contribution in [2.24, 2.45) is 0 Å². The number of rotatable bonds is 9. The molecule has 0 aliphatic rings. The van der Waals surface area contributed by atoms with Crippen molar-refractivity contribution in [1.82, 2.24) is 0 Å². The van der Waals surface area contributed by atoms with Crippen LogP contribution in [0.5, 0.6) is 0 Å². The summed E-state index contributed by atoms with van der Waals surface area (Å²) in [5.41, 5.74) is -2.60. The molecule has 0 amide bonds. The molecule has 0 aliphatic carbocycles. The summed E-state index contributed by atoms with van der Waals surface area (Å²) >= 11 is 0. The molecule has 26 heavy (non-hydrogen) atoms. The fraction of sp³-hybridized carbons (Fsp3) is 0.625. The number of alkyl halides is 6. The Bertz CT molecular complexity index is 538. The molecule has 1 aromatic rings. The zero-order chi connectivity index (χ0) is 20.0. The van der Waals surface area contributed by atoms with Gasteiger partial charge in [-0.25, -0.2) is 0 Å². The van der Waals surface area contributed by atoms with Gasteiger partial charge in [-0.1, -0.05) is 0 Å². The minimum atomic E-state index is -4.83. The molecule has 0 N–H and O–H groups in total. The summed E-state index contributed by atoms with van der Waals surface area (Å²) in [6.07, 6.45) is -8.71. The van der Waals surface area contributed by atoms with Crippen LogP contribution in [0.15, 0.2) is 18.2 Å². The summed E-state index contributed by atoms with van der Waals surface area (Å²) in [7, 11) is 0.0811. The lowest BCUT2D eigenvalue weighted by molar-refractivity contribution is -0.143. The third kappa shape index (κ3) is 6.56. The zero-order valence-electron chi connectivity index (χ0n) is 14.8. The summed E-state index contributed by atoms with van der Waals surface area (Å²) in [6, 6.07) is 2.08. The summed E-state index contributed by atoms with van der Waals surface area (Å²) in [6.45, 7) is 2.16. The highest BCUT2D eigenvalue weighted by Gasteiger charge is 2.38. The first kappa shape index (κ1) is 22.9. The van der Waals surface area contributed by atoms with Crippen LogP contribution < -0.4 is 0 Å². The van der Waals surface area contributed by atoms with Crippen LogP contribution in [0.1, 0.15) is 36.5 Å². The molecular weight excluding hydrogens is 382 g/mol. The quantitative estimate of drug-likeness (QED) is 0.317. The second kappa shape index (κ2) is 9.20. The number of hydrogen-bond acceptors (Lipinski definition) is 3. The molecule has 0 saturated heterocycles. The van der Waals surface area contributed by atoms with Crippen molar-refractivity contribution in [1.29, 1.82) is 0 Å². The van der Waals surface area contributed by atoms with Gasteiger partial charge in [0, 0.05) is 26.9 Å². The van der Waals surface area contributed by atoms with Crippen LogP contribution in [-0.4, -0.2) is 29.6 Å². The third-order valence-corrected chi connectivity index (χ3v) is 6.77. The fourth-order valence-electron chi connectivity index (χ4n) is 2.53. The van der Waals surface area contributed by atoms with Crippen LogP contribution in [0.25, 0.3) is 0 Å². The van der Waals surface area contributed by atoms with Gasteiger partial charge in [-0.15, -0.1) is 0 Å². The van der Waals surface area contributed by atoms with Gasteiger partial charge in [0.1, 0.15) is 0 Å². The molecular formula is C16H22F6O3Si. The van der Waals surface area contributed by atoms with Crippen LogP contribution in [-0.2, 0) is 32.1 Å². The number of halogens is 6. The summed E-state index contributed by atoms with van der Waals surface area (Å²) in [4.78, 5) is 0. The van der Waals surface area contributed by atoms with Crippen LogP contribution >= 0.6 is 0 Å². The number of hydrogen-bond donors (Lipinski definition) is 0. The monoisotopic (exact) mass is 404 g/mol. The van der Waals surface area contributed by atoms with Crippen molar-refractivity contribution in [2.45, 2.75) is 44.6 Å². The van der Waals surface area contributed by atoms with E-state index >= 15 is 0 Å². The van der Waals surface area contributed by atoms with E-state index in [9.17, 15) is 26.3 Å². The summed E-state index contributed by atoms with van der Waals surface area (Å²) in [5, 5.41) is 0. The van der Waals surface area contributed by atoms with Crippen LogP contribution in [0.4, 0.5) is 26.3 Å². The van der Waals surface area contributed by atoms with Gasteiger partial charge in [0.25, 0.3) is 0 Å². The van der Waals surface area contributed by atoms with Gasteiger partial charge in [-0.3, -0.25) is 0 Å². The molecule has 0 unspecified atom stereocenters. The van der Waals surface area contributed by atoms with Gasteiger partial charge in [0.2, 0.25) is 0 Å². The van der Waals surface area contributed by atoms with Crippen LogP contribution in [0, 0.1) is 0 Å². The van der Waals surface area contributed by atoms with Crippen molar-refractivity contribution >= 4 is 8.80 Å². The SMILES string of the molecule is CCO[Si](CCCCc1cc(C(F)(F)F)cc(C(F)(F)F)c1)(OC)OC. The standard InChI is InChI=1S/C16H22F6O3Si/c1-4-25-26(23-2,24-3)8-6-5-7-12-9-13(15(17,18)19)11-14(10-12)16(20,21)22/h9-11H,4-8H2,1-3H3. The predicted molar refractivity (Wildman–Crippen MR) is 85.6 cm³/mol. The highest BCUT2D eigenvalue weighted by Crippen LogP contribution is 2.36. The lowest BCUT2D eigenvalue weighted by Gasteiger charge is -2.25. The van der Waals surface area contributed by atoms with E-state index in [1.54, 1.807) is 6.92 Å². The molecule has 0 heterocycles. The molecule has 0 aliphatic heterocycles. The normalized spacial score (nSPS) is 13.3. The van der Waals surface area contributed by atoms with E-state index in [1.165, 1.54) is 14.2 Å². The molecule has 0 spiro atoms. The minimum Gasteiger partial charge on any atom is -0.377 e. The largest absolute Gasteiger partial charge is 0.500 e. The second-order valence-electron chi connectivity index (χ2n) is 5.65. The molecule has 0 fully saturated rings. The fourth-order valence-corrected chi connectivity index (χ4v) is 4.61. The minimum absolute atomic E-state index is 0.00865. The second-order valence-corrected chi connectivity index (χ2v) is 8.62. The van der Waals surface area contributed by atoms with E-state index in [1.807, 2.05) is 0 Å². The highest BCUT2D eigenvalue weighted by molar-refractivity contribution is 6.60. The summed E-state index contributed by atoms with van der Waals surface area (Å²) < 4.78 is 93.2. The number of benzene rings is 1. The Balaban J connectivity index is 2.84. The van der Waals surface area contributed by atoms with E-state index in [0.29, 0.717) is 25.5 Å². The lowest BCUT2D eigenvalue weighted by Crippen LogP contribution is -2.43. The Kier molecular flexibility index (Phi) is 8.12. The maximum atomic E-state index is 12.8. The Morgan fingerprint density at radius 2 is 1.35 bits per heavy atom. The van der Waals surface area contributed by atoms with Gasteiger partial charge in [-0.2, -0.15) is 26.3 Å². The van der Waals surface area contributed by atoms with E-state index in [4.69, 9.17) is 13.3 Å².